The molecule has 0 saturated carbocycles. The van der Waals surface area contributed by atoms with Crippen molar-refractivity contribution in [1.82, 2.24) is 9.78 Å². The van der Waals surface area contributed by atoms with Gasteiger partial charge >= 0.3 is 5.97 Å². The number of halogens is 1. The summed E-state index contributed by atoms with van der Waals surface area (Å²) in [6.07, 6.45) is 3.15. The van der Waals surface area contributed by atoms with Crippen LogP contribution in [0.5, 0.6) is 0 Å². The average molecular weight is 353 g/mol. The maximum absolute atomic E-state index is 12.1. The fraction of sp³-hybridized carbons (Fsp3) is 0.154. The van der Waals surface area contributed by atoms with E-state index >= 15 is 0 Å². The van der Waals surface area contributed by atoms with Crippen molar-refractivity contribution in [3.8, 4) is 0 Å². The van der Waals surface area contributed by atoms with Crippen molar-refractivity contribution in [1.29, 1.82) is 0 Å². The van der Waals surface area contributed by atoms with E-state index in [1.165, 1.54) is 18.3 Å². The number of carbonyl (C=O) groups excluding carboxylic acids is 1. The first-order chi connectivity index (χ1) is 9.88. The lowest BCUT2D eigenvalue weighted by atomic mass is 10.1. The highest BCUT2D eigenvalue weighted by Gasteiger charge is 2.19. The van der Waals surface area contributed by atoms with E-state index in [1.54, 1.807) is 24.0 Å². The first-order valence-corrected chi connectivity index (χ1v) is 6.75. The minimum Gasteiger partial charge on any atom is -0.478 e. The number of hydrogen-bond donors (Lipinski definition) is 3. The molecular weight excluding hydrogens is 340 g/mol. The highest BCUT2D eigenvalue weighted by atomic mass is 79.9. The van der Waals surface area contributed by atoms with E-state index in [9.17, 15) is 9.59 Å². The van der Waals surface area contributed by atoms with Gasteiger partial charge in [-0.15, -0.1) is 0 Å². The van der Waals surface area contributed by atoms with Gasteiger partial charge in [0.15, 0.2) is 0 Å². The number of aromatic carboxylic acids is 1. The number of anilines is 1. The molecule has 0 radical (unpaired) electrons. The summed E-state index contributed by atoms with van der Waals surface area (Å²) in [5.74, 6) is -1.53. The first kappa shape index (κ1) is 15.2. The second kappa shape index (κ2) is 6.06. The summed E-state index contributed by atoms with van der Waals surface area (Å²) < 4.78 is 2.11. The van der Waals surface area contributed by atoms with Crippen molar-refractivity contribution in [2.45, 2.75) is 6.04 Å². The minimum absolute atomic E-state index is 0.0726. The number of nitrogens with one attached hydrogen (secondary N) is 1. The zero-order valence-corrected chi connectivity index (χ0v) is 12.7. The van der Waals surface area contributed by atoms with Crippen LogP contribution in [0.15, 0.2) is 35.1 Å². The van der Waals surface area contributed by atoms with Crippen LogP contribution >= 0.6 is 15.9 Å². The molecule has 4 N–H and O–H groups in total. The summed E-state index contributed by atoms with van der Waals surface area (Å²) in [6, 6.07) is 3.46. The number of hydrogen-bond acceptors (Lipinski definition) is 4. The Kier molecular flexibility index (Phi) is 4.39. The minimum atomic E-state index is -1.07. The Morgan fingerprint density at radius 1 is 1.48 bits per heavy atom. The van der Waals surface area contributed by atoms with E-state index < -0.39 is 17.9 Å². The van der Waals surface area contributed by atoms with Crippen molar-refractivity contribution in [2.24, 2.45) is 12.8 Å². The summed E-state index contributed by atoms with van der Waals surface area (Å²) in [5.41, 5.74) is 6.84. The third kappa shape index (κ3) is 3.47. The van der Waals surface area contributed by atoms with Gasteiger partial charge in [-0.2, -0.15) is 5.10 Å². The number of nitrogens with two attached hydrogens (primary N) is 1. The predicted octanol–water partition coefficient (Wildman–Crippen LogP) is 1.52. The lowest BCUT2D eigenvalue weighted by molar-refractivity contribution is -0.117. The van der Waals surface area contributed by atoms with Gasteiger partial charge in [-0.3, -0.25) is 9.48 Å². The number of benzene rings is 1. The zero-order valence-electron chi connectivity index (χ0n) is 11.1. The van der Waals surface area contributed by atoms with Gasteiger partial charge in [-0.25, -0.2) is 4.79 Å². The molecule has 0 spiro atoms. The summed E-state index contributed by atoms with van der Waals surface area (Å²) in [7, 11) is 1.72. The molecule has 1 atom stereocenters. The van der Waals surface area contributed by atoms with E-state index in [1.807, 2.05) is 0 Å². The maximum atomic E-state index is 12.1. The summed E-state index contributed by atoms with van der Waals surface area (Å²) >= 11 is 3.25. The van der Waals surface area contributed by atoms with Gasteiger partial charge in [0.05, 0.1) is 17.4 Å². The Balaban J connectivity index is 2.19. The third-order valence-electron chi connectivity index (χ3n) is 2.84. The fourth-order valence-corrected chi connectivity index (χ4v) is 2.06. The van der Waals surface area contributed by atoms with Crippen LogP contribution < -0.4 is 11.1 Å². The van der Waals surface area contributed by atoms with E-state index in [0.717, 1.165) is 0 Å². The molecule has 1 amide bonds. The third-order valence-corrected chi connectivity index (χ3v) is 3.53. The van der Waals surface area contributed by atoms with Crippen LogP contribution in [0.4, 0.5) is 5.69 Å². The molecule has 2 rings (SSSR count). The molecule has 1 aromatic heterocycles. The summed E-state index contributed by atoms with van der Waals surface area (Å²) in [6.45, 7) is 0. The number of aryl methyl sites for hydroxylation is 1. The van der Waals surface area contributed by atoms with Gasteiger partial charge in [0.25, 0.3) is 0 Å². The second-order valence-electron chi connectivity index (χ2n) is 4.41. The lowest BCUT2D eigenvalue weighted by Crippen LogP contribution is -2.27. The van der Waals surface area contributed by atoms with Crippen LogP contribution in [0, 0.1) is 0 Å². The second-order valence-corrected chi connectivity index (χ2v) is 5.27. The average Bonchev–Trinajstić information content (AvgIpc) is 2.86. The number of aromatic nitrogens is 2. The molecule has 0 bridgehead atoms. The van der Waals surface area contributed by atoms with E-state index in [4.69, 9.17) is 10.8 Å². The van der Waals surface area contributed by atoms with Crippen molar-refractivity contribution in [3.05, 3.63) is 46.2 Å². The molecule has 0 aliphatic carbocycles. The molecule has 2 aromatic rings. The van der Waals surface area contributed by atoms with Crippen molar-refractivity contribution in [3.63, 3.8) is 0 Å². The van der Waals surface area contributed by atoms with E-state index in [0.29, 0.717) is 15.7 Å². The van der Waals surface area contributed by atoms with Gasteiger partial charge in [-0.05, 0) is 34.1 Å². The molecule has 0 aliphatic heterocycles. The van der Waals surface area contributed by atoms with E-state index in [-0.39, 0.29) is 5.56 Å². The van der Waals surface area contributed by atoms with Crippen LogP contribution in [0.2, 0.25) is 0 Å². The lowest BCUT2D eigenvalue weighted by Gasteiger charge is -2.12. The van der Waals surface area contributed by atoms with Crippen LogP contribution in [-0.2, 0) is 11.8 Å². The topological polar surface area (TPSA) is 110 Å². The molecule has 0 fully saturated rings. The first-order valence-electron chi connectivity index (χ1n) is 5.96. The molecule has 0 saturated heterocycles. The molecule has 1 aromatic carbocycles. The largest absolute Gasteiger partial charge is 0.478 e. The molecule has 1 heterocycles. The van der Waals surface area contributed by atoms with Crippen LogP contribution in [0.1, 0.15) is 22.0 Å². The quantitative estimate of drug-likeness (QED) is 0.772. The number of rotatable bonds is 4. The fourth-order valence-electron chi connectivity index (χ4n) is 1.72. The van der Waals surface area contributed by atoms with Crippen molar-refractivity contribution < 1.29 is 14.7 Å². The highest BCUT2D eigenvalue weighted by Crippen LogP contribution is 2.24. The van der Waals surface area contributed by atoms with E-state index in [2.05, 4.69) is 26.3 Å². The van der Waals surface area contributed by atoms with Gasteiger partial charge in [0.2, 0.25) is 5.91 Å². The number of carbonyl (C=O) groups is 2. The van der Waals surface area contributed by atoms with Crippen LogP contribution in [-0.4, -0.2) is 26.8 Å². The number of carboxylic acids is 1. The molecule has 7 nitrogen and oxygen atoms in total. The van der Waals surface area contributed by atoms with Crippen LogP contribution in [0.25, 0.3) is 0 Å². The Bertz CT molecular complexity index is 698. The van der Waals surface area contributed by atoms with Crippen molar-refractivity contribution >= 4 is 33.5 Å². The maximum Gasteiger partial charge on any atom is 0.335 e. The standard InChI is InChI=1S/C13H13BrN4O3/c1-18-6-8(5-16-18)11(15)12(19)17-10-4-7(13(20)21)2-3-9(10)14/h2-6,11H,15H2,1H3,(H,17,19)(H,20,21). The Morgan fingerprint density at radius 2 is 2.19 bits per heavy atom. The highest BCUT2D eigenvalue weighted by molar-refractivity contribution is 9.10. The summed E-state index contributed by atoms with van der Waals surface area (Å²) in [5, 5.41) is 15.5. The van der Waals surface area contributed by atoms with Crippen molar-refractivity contribution in [2.75, 3.05) is 5.32 Å². The van der Waals surface area contributed by atoms with Gasteiger partial charge in [0.1, 0.15) is 6.04 Å². The smallest absolute Gasteiger partial charge is 0.335 e. The monoisotopic (exact) mass is 352 g/mol. The molecule has 8 heteroatoms. The Hall–Kier alpha value is -2.19. The Labute approximate surface area is 128 Å². The van der Waals surface area contributed by atoms with Gasteiger partial charge in [-0.1, -0.05) is 0 Å². The molecule has 0 aliphatic rings. The molecule has 110 valence electrons. The van der Waals surface area contributed by atoms with Crippen LogP contribution in [0.3, 0.4) is 0 Å². The summed E-state index contributed by atoms with van der Waals surface area (Å²) in [4.78, 5) is 23.1. The molecular formula is C13H13BrN4O3. The molecule has 21 heavy (non-hydrogen) atoms. The number of amides is 1. The Morgan fingerprint density at radius 3 is 2.76 bits per heavy atom. The number of nitrogens with zero attached hydrogens (tertiary/aromatic N) is 2. The normalized spacial score (nSPS) is 12.0. The van der Waals surface area contributed by atoms with Gasteiger partial charge in [0, 0.05) is 23.3 Å². The van der Waals surface area contributed by atoms with Gasteiger partial charge < -0.3 is 16.2 Å². The SMILES string of the molecule is Cn1cc(C(N)C(=O)Nc2cc(C(=O)O)ccc2Br)cn1. The zero-order chi connectivity index (χ0) is 15.6. The predicted molar refractivity (Wildman–Crippen MR) is 79.9 cm³/mol. The molecule has 1 unspecified atom stereocenters. The number of carboxylic acid groups (broad SMARTS) is 1.